The van der Waals surface area contributed by atoms with E-state index in [0.29, 0.717) is 30.9 Å². The van der Waals surface area contributed by atoms with E-state index in [1.807, 2.05) is 0 Å². The Balaban J connectivity index is 2.01. The molecule has 1 heterocycles. The lowest BCUT2D eigenvalue weighted by molar-refractivity contribution is -0.171. The van der Waals surface area contributed by atoms with E-state index < -0.39 is 36.1 Å². The van der Waals surface area contributed by atoms with Crippen LogP contribution in [0.3, 0.4) is 0 Å². The summed E-state index contributed by atoms with van der Waals surface area (Å²) in [6.07, 6.45) is -0.452. The Labute approximate surface area is 158 Å². The van der Waals surface area contributed by atoms with E-state index in [2.05, 4.69) is 12.4 Å². The van der Waals surface area contributed by atoms with Crippen LogP contribution < -0.4 is 21.1 Å². The van der Waals surface area contributed by atoms with E-state index >= 15 is 0 Å². The molecule has 2 rings (SSSR count). The number of nitrogens with zero attached hydrogens (tertiary/aromatic N) is 1. The molecule has 1 radical (unpaired) electrons. The Kier molecular flexibility index (Phi) is 6.50. The van der Waals surface area contributed by atoms with Gasteiger partial charge in [-0.2, -0.15) is 0 Å². The lowest BCUT2D eigenvalue weighted by Crippen LogP contribution is -2.42. The van der Waals surface area contributed by atoms with Crippen LogP contribution >= 0.6 is 7.60 Å². The quantitative estimate of drug-likeness (QED) is 0.317. The highest BCUT2D eigenvalue weighted by atomic mass is 31.2. The molecule has 1 aliphatic heterocycles. The van der Waals surface area contributed by atoms with E-state index in [9.17, 15) is 18.9 Å². The first-order chi connectivity index (χ1) is 12.5. The summed E-state index contributed by atoms with van der Waals surface area (Å²) >= 11 is 0. The third-order valence-corrected chi connectivity index (χ3v) is 5.90. The Morgan fingerprint density at radius 3 is 2.59 bits per heavy atom. The summed E-state index contributed by atoms with van der Waals surface area (Å²) < 4.78 is 28.1. The summed E-state index contributed by atoms with van der Waals surface area (Å²) in [5.74, 6) is -0.502. The number of ether oxygens (including phenoxy) is 1. The topological polar surface area (TPSA) is 111 Å². The van der Waals surface area contributed by atoms with Crippen molar-refractivity contribution in [1.29, 1.82) is 0 Å². The fourth-order valence-corrected chi connectivity index (χ4v) is 3.91. The molecule has 1 aromatic carbocycles. The molecule has 9 nitrogen and oxygen atoms in total. The highest BCUT2D eigenvalue weighted by Crippen LogP contribution is 2.49. The number of fused-ring (bicyclic) bond motifs is 1. The lowest BCUT2D eigenvalue weighted by atomic mass is 9.97. The van der Waals surface area contributed by atoms with Gasteiger partial charge in [0.15, 0.2) is 0 Å². The van der Waals surface area contributed by atoms with Gasteiger partial charge in [0.25, 0.3) is 10.9 Å². The van der Waals surface area contributed by atoms with Crippen LogP contribution in [0.15, 0.2) is 9.59 Å². The maximum absolute atomic E-state index is 12.8. The minimum absolute atomic E-state index is 0.0772. The minimum atomic E-state index is -3.67. The lowest BCUT2D eigenvalue weighted by Gasteiger charge is -2.28. The molecule has 1 N–H and O–H groups in total. The van der Waals surface area contributed by atoms with Crippen molar-refractivity contribution in [2.24, 2.45) is 5.41 Å². The zero-order valence-corrected chi connectivity index (χ0v) is 17.0. The van der Waals surface area contributed by atoms with Crippen molar-refractivity contribution < 1.29 is 23.1 Å². The fraction of sp³-hybridized carbons (Fsp3) is 0.647. The number of esters is 1. The molecule has 2 unspecified atom stereocenters. The summed E-state index contributed by atoms with van der Waals surface area (Å²) in [4.78, 5) is 37.1. The van der Waals surface area contributed by atoms with Gasteiger partial charge < -0.3 is 19.5 Å². The van der Waals surface area contributed by atoms with Crippen molar-refractivity contribution in [3.8, 4) is 0 Å². The van der Waals surface area contributed by atoms with Crippen LogP contribution in [0.4, 0.5) is 11.4 Å². The number of carbonyl (C=O) groups excluding carboxylic acids is 1. The highest BCUT2D eigenvalue weighted by Gasteiger charge is 2.33. The van der Waals surface area contributed by atoms with E-state index in [0.717, 1.165) is 0 Å². The zero-order valence-electron chi connectivity index (χ0n) is 16.1. The molecule has 0 spiro atoms. The van der Waals surface area contributed by atoms with Crippen molar-refractivity contribution in [3.63, 3.8) is 0 Å². The number of rotatable bonds is 7. The van der Waals surface area contributed by atoms with E-state index in [1.165, 1.54) is 6.92 Å². The van der Waals surface area contributed by atoms with Crippen molar-refractivity contribution in [1.82, 2.24) is 0 Å². The Bertz CT molecular complexity index is 807. The largest absolute Gasteiger partial charge is 0.435 e. The zero-order chi connectivity index (χ0) is 20.4. The van der Waals surface area contributed by atoms with Gasteiger partial charge in [-0.3, -0.25) is 23.5 Å². The van der Waals surface area contributed by atoms with E-state index in [-0.39, 0.29) is 12.7 Å². The molecule has 0 aromatic heterocycles. The standard InChI is InChI=1S/C17H26N2O7P/c1-11(25-16(22)17(2,3)4)26-27(23,24-5)10-9-19-8-6-7-18-12-13(19)15(21)14(12)20/h11,18H,5-10H2,1-4H3. The minimum Gasteiger partial charge on any atom is -0.435 e. The van der Waals surface area contributed by atoms with Crippen LogP contribution in [0.1, 0.15) is 34.1 Å². The highest BCUT2D eigenvalue weighted by molar-refractivity contribution is 7.53. The van der Waals surface area contributed by atoms with Gasteiger partial charge in [0.2, 0.25) is 6.29 Å². The van der Waals surface area contributed by atoms with Crippen LogP contribution in [0.2, 0.25) is 0 Å². The van der Waals surface area contributed by atoms with Gasteiger partial charge in [-0.15, -0.1) is 0 Å². The Morgan fingerprint density at radius 2 is 2.00 bits per heavy atom. The normalized spacial score (nSPS) is 18.2. The molecule has 0 fully saturated rings. The molecule has 27 heavy (non-hydrogen) atoms. The van der Waals surface area contributed by atoms with E-state index in [4.69, 9.17) is 13.8 Å². The maximum atomic E-state index is 12.8. The summed E-state index contributed by atoms with van der Waals surface area (Å²) in [5.41, 5.74) is -1.21. The van der Waals surface area contributed by atoms with Gasteiger partial charge in [-0.25, -0.2) is 0 Å². The van der Waals surface area contributed by atoms with Gasteiger partial charge in [0.1, 0.15) is 11.4 Å². The average Bonchev–Trinajstić information content (AvgIpc) is 2.78. The second-order valence-corrected chi connectivity index (χ2v) is 9.58. The molecule has 0 amide bonds. The third kappa shape index (κ3) is 4.97. The number of hydrogen-bond donors (Lipinski definition) is 1. The second-order valence-electron chi connectivity index (χ2n) is 7.44. The van der Waals surface area contributed by atoms with Crippen LogP contribution in [-0.2, 0) is 23.1 Å². The first-order valence-corrected chi connectivity index (χ1v) is 10.5. The Morgan fingerprint density at radius 1 is 1.33 bits per heavy atom. The van der Waals surface area contributed by atoms with Crippen molar-refractivity contribution >= 4 is 24.9 Å². The number of hydrogen-bond acceptors (Lipinski definition) is 9. The van der Waals surface area contributed by atoms with Gasteiger partial charge >= 0.3 is 13.6 Å². The molecule has 0 aliphatic carbocycles. The molecule has 1 aromatic rings. The molecule has 0 saturated heterocycles. The van der Waals surface area contributed by atoms with Crippen LogP contribution in [0.5, 0.6) is 0 Å². The van der Waals surface area contributed by atoms with Gasteiger partial charge in [-0.1, -0.05) is 0 Å². The molecule has 10 heteroatoms. The Hall–Kier alpha value is -1.70. The van der Waals surface area contributed by atoms with Crippen LogP contribution in [0.25, 0.3) is 0 Å². The molecule has 1 aliphatic rings. The second kappa shape index (κ2) is 8.12. The average molecular weight is 401 g/mol. The summed E-state index contributed by atoms with van der Waals surface area (Å²) in [7, 11) is -0.469. The molecule has 151 valence electrons. The van der Waals surface area contributed by atoms with Crippen molar-refractivity contribution in [2.45, 2.75) is 40.4 Å². The summed E-state index contributed by atoms with van der Waals surface area (Å²) in [5, 5.41) is 2.94. The predicted octanol–water partition coefficient (Wildman–Crippen LogP) is 1.86. The molecule has 2 atom stereocenters. The monoisotopic (exact) mass is 401 g/mol. The maximum Gasteiger partial charge on any atom is 0.335 e. The number of anilines is 2. The SMILES string of the molecule is [CH2]OP(=O)(CCN1CCCNc2c1c(=O)c2=O)OC(C)OC(=O)C(C)(C)C. The van der Waals surface area contributed by atoms with Crippen LogP contribution in [0, 0.1) is 12.5 Å². The molecule has 0 saturated carbocycles. The van der Waals surface area contributed by atoms with Gasteiger partial charge in [0.05, 0.1) is 18.7 Å². The van der Waals surface area contributed by atoms with Crippen molar-refractivity contribution in [3.05, 3.63) is 27.6 Å². The fourth-order valence-electron chi connectivity index (χ4n) is 2.63. The summed E-state index contributed by atoms with van der Waals surface area (Å²) in [6.45, 7) is 7.79. The van der Waals surface area contributed by atoms with Gasteiger partial charge in [-0.05, 0) is 34.1 Å². The third-order valence-electron chi connectivity index (χ3n) is 4.14. The van der Waals surface area contributed by atoms with Gasteiger partial charge in [0, 0.05) is 19.6 Å². The first kappa shape index (κ1) is 21.6. The predicted molar refractivity (Wildman–Crippen MR) is 102 cm³/mol. The molecule has 0 bridgehead atoms. The number of carbonyl (C=O) groups is 1. The van der Waals surface area contributed by atoms with E-state index in [1.54, 1.807) is 25.7 Å². The number of nitrogens with one attached hydrogen (secondary N) is 1. The van der Waals surface area contributed by atoms with Crippen molar-refractivity contribution in [2.75, 3.05) is 36.0 Å². The van der Waals surface area contributed by atoms with Crippen LogP contribution in [-0.4, -0.2) is 38.1 Å². The molecular formula is C17H26N2O7P. The smallest absolute Gasteiger partial charge is 0.335 e. The first-order valence-electron chi connectivity index (χ1n) is 8.73. The summed E-state index contributed by atoms with van der Waals surface area (Å²) in [6, 6.07) is 0. The molecular weight excluding hydrogens is 375 g/mol.